The highest BCUT2D eigenvalue weighted by Gasteiger charge is 2.18. The number of rotatable bonds is 4. The van der Waals surface area contributed by atoms with Crippen molar-refractivity contribution in [2.75, 3.05) is 24.7 Å². The van der Waals surface area contributed by atoms with E-state index in [1.54, 1.807) is 54.8 Å². The topological polar surface area (TPSA) is 66.5 Å². The number of piperidine rings is 1. The summed E-state index contributed by atoms with van der Waals surface area (Å²) in [6.07, 6.45) is 4.85. The van der Waals surface area contributed by atoms with Crippen LogP contribution in [-0.4, -0.2) is 40.3 Å². The molecule has 1 aliphatic rings. The molecule has 0 bridgehead atoms. The number of carbonyl (C=O) groups excluding carboxylic acids is 2. The summed E-state index contributed by atoms with van der Waals surface area (Å²) in [5, 5.41) is 2.82. The molecule has 6 heteroatoms. The van der Waals surface area contributed by atoms with Crippen LogP contribution in [0.3, 0.4) is 0 Å². The Kier molecular flexibility index (Phi) is 5.83. The number of nitrogens with zero attached hydrogens (tertiary/aromatic N) is 1. The van der Waals surface area contributed by atoms with Crippen LogP contribution in [0, 0.1) is 0 Å². The van der Waals surface area contributed by atoms with Gasteiger partial charge in [-0.25, -0.2) is 0 Å². The number of hydrogen-bond donors (Lipinski definition) is 1. The maximum Gasteiger partial charge on any atom is 0.255 e. The number of benzene rings is 2. The van der Waals surface area contributed by atoms with E-state index < -0.39 is 10.8 Å². The van der Waals surface area contributed by atoms with Gasteiger partial charge in [0.1, 0.15) is 0 Å². The van der Waals surface area contributed by atoms with Crippen molar-refractivity contribution in [3.8, 4) is 0 Å². The summed E-state index contributed by atoms with van der Waals surface area (Å²) in [6, 6.07) is 13.7. The quantitative estimate of drug-likeness (QED) is 0.898. The fourth-order valence-corrected chi connectivity index (χ4v) is 3.53. The molecule has 0 radical (unpaired) electrons. The minimum absolute atomic E-state index is 0.00979. The average molecular weight is 370 g/mol. The Morgan fingerprint density at radius 1 is 0.962 bits per heavy atom. The Morgan fingerprint density at radius 3 is 2.31 bits per heavy atom. The molecule has 5 nitrogen and oxygen atoms in total. The van der Waals surface area contributed by atoms with Crippen molar-refractivity contribution in [3.05, 3.63) is 59.7 Å². The van der Waals surface area contributed by atoms with Gasteiger partial charge < -0.3 is 10.2 Å². The zero-order valence-electron chi connectivity index (χ0n) is 14.7. The second kappa shape index (κ2) is 8.27. The summed E-state index contributed by atoms with van der Waals surface area (Å²) >= 11 is 0. The Balaban J connectivity index is 1.70. The van der Waals surface area contributed by atoms with Gasteiger partial charge in [0.25, 0.3) is 11.8 Å². The van der Waals surface area contributed by atoms with Crippen molar-refractivity contribution < 1.29 is 13.8 Å². The van der Waals surface area contributed by atoms with E-state index in [9.17, 15) is 13.8 Å². The van der Waals surface area contributed by atoms with Crippen molar-refractivity contribution in [3.63, 3.8) is 0 Å². The molecule has 1 unspecified atom stereocenters. The third-order valence-corrected chi connectivity index (χ3v) is 5.40. The van der Waals surface area contributed by atoms with Gasteiger partial charge in [-0.05, 0) is 61.7 Å². The van der Waals surface area contributed by atoms with Gasteiger partial charge >= 0.3 is 0 Å². The molecular weight excluding hydrogens is 348 g/mol. The number of likely N-dealkylation sites (tertiary alicyclic amines) is 1. The fourth-order valence-electron chi connectivity index (χ4n) is 3.01. The van der Waals surface area contributed by atoms with Gasteiger partial charge in [-0.15, -0.1) is 0 Å². The van der Waals surface area contributed by atoms with Crippen LogP contribution in [0.2, 0.25) is 0 Å². The van der Waals surface area contributed by atoms with E-state index in [2.05, 4.69) is 5.32 Å². The molecule has 2 amide bonds. The van der Waals surface area contributed by atoms with Crippen LogP contribution in [0.1, 0.15) is 40.0 Å². The monoisotopic (exact) mass is 370 g/mol. The van der Waals surface area contributed by atoms with Crippen LogP contribution in [0.15, 0.2) is 53.4 Å². The predicted molar refractivity (Wildman–Crippen MR) is 103 cm³/mol. The van der Waals surface area contributed by atoms with Crippen LogP contribution >= 0.6 is 0 Å². The Labute approximate surface area is 155 Å². The molecule has 1 heterocycles. The first kappa shape index (κ1) is 18.3. The molecule has 26 heavy (non-hydrogen) atoms. The van der Waals surface area contributed by atoms with Crippen LogP contribution in [0.4, 0.5) is 5.69 Å². The van der Waals surface area contributed by atoms with E-state index in [1.165, 1.54) is 6.42 Å². The van der Waals surface area contributed by atoms with Gasteiger partial charge in [-0.3, -0.25) is 13.8 Å². The largest absolute Gasteiger partial charge is 0.339 e. The highest BCUT2D eigenvalue weighted by Crippen LogP contribution is 2.17. The lowest BCUT2D eigenvalue weighted by Gasteiger charge is -2.26. The standard InChI is InChI=1S/C20H22N2O3S/c1-26(25)18-10-8-15(9-11-18)19(23)21-17-7-5-6-16(14-17)20(24)22-12-3-2-4-13-22/h5-11,14H,2-4,12-13H2,1H3,(H,21,23). The zero-order chi connectivity index (χ0) is 18.5. The van der Waals surface area contributed by atoms with Gasteiger partial charge in [0, 0.05) is 51.9 Å². The first-order valence-electron chi connectivity index (χ1n) is 8.69. The van der Waals surface area contributed by atoms with E-state index in [0.29, 0.717) is 21.7 Å². The normalized spacial score (nSPS) is 15.3. The molecule has 1 aliphatic heterocycles. The van der Waals surface area contributed by atoms with E-state index in [4.69, 9.17) is 0 Å². The average Bonchev–Trinajstić information content (AvgIpc) is 2.68. The smallest absolute Gasteiger partial charge is 0.255 e. The van der Waals surface area contributed by atoms with E-state index in [-0.39, 0.29) is 11.8 Å². The lowest BCUT2D eigenvalue weighted by Crippen LogP contribution is -2.35. The molecule has 2 aromatic rings. The molecule has 1 atom stereocenters. The molecule has 1 saturated heterocycles. The van der Waals surface area contributed by atoms with E-state index in [1.807, 2.05) is 4.90 Å². The third-order valence-electron chi connectivity index (χ3n) is 4.46. The highest BCUT2D eigenvalue weighted by atomic mass is 32.2. The Hall–Kier alpha value is -2.47. The Bertz CT molecular complexity index is 827. The molecule has 0 spiro atoms. The molecule has 0 aliphatic carbocycles. The number of hydrogen-bond acceptors (Lipinski definition) is 3. The van der Waals surface area contributed by atoms with Crippen LogP contribution < -0.4 is 5.32 Å². The molecule has 1 N–H and O–H groups in total. The SMILES string of the molecule is CS(=O)c1ccc(C(=O)Nc2cccc(C(=O)N3CCCCC3)c2)cc1. The van der Waals surface area contributed by atoms with Gasteiger partial charge in [0.2, 0.25) is 0 Å². The molecule has 136 valence electrons. The summed E-state index contributed by atoms with van der Waals surface area (Å²) in [5.74, 6) is -0.253. The van der Waals surface area contributed by atoms with Crippen molar-refractivity contribution in [1.29, 1.82) is 0 Å². The first-order chi connectivity index (χ1) is 12.5. The summed E-state index contributed by atoms with van der Waals surface area (Å²) < 4.78 is 11.4. The lowest BCUT2D eigenvalue weighted by molar-refractivity contribution is 0.0724. The molecule has 1 fully saturated rings. The van der Waals surface area contributed by atoms with Crippen molar-refractivity contribution in [2.24, 2.45) is 0 Å². The fraction of sp³-hybridized carbons (Fsp3) is 0.300. The maximum atomic E-state index is 12.6. The predicted octanol–water partition coefficient (Wildman–Crippen LogP) is 3.30. The molecule has 2 aromatic carbocycles. The van der Waals surface area contributed by atoms with E-state index >= 15 is 0 Å². The molecular formula is C20H22N2O3S. The van der Waals surface area contributed by atoms with Gasteiger partial charge in [0.15, 0.2) is 0 Å². The summed E-state index contributed by atoms with van der Waals surface area (Å²) in [4.78, 5) is 27.5. The molecule has 0 saturated carbocycles. The summed E-state index contributed by atoms with van der Waals surface area (Å²) in [6.45, 7) is 1.58. The summed E-state index contributed by atoms with van der Waals surface area (Å²) in [5.41, 5.74) is 1.65. The zero-order valence-corrected chi connectivity index (χ0v) is 15.6. The third kappa shape index (κ3) is 4.38. The number of anilines is 1. The minimum atomic E-state index is -1.07. The second-order valence-corrected chi connectivity index (χ2v) is 7.75. The highest BCUT2D eigenvalue weighted by molar-refractivity contribution is 7.84. The van der Waals surface area contributed by atoms with Crippen LogP contribution in [-0.2, 0) is 10.8 Å². The second-order valence-electron chi connectivity index (χ2n) is 6.37. The van der Waals surface area contributed by atoms with Crippen molar-refractivity contribution in [2.45, 2.75) is 24.2 Å². The van der Waals surface area contributed by atoms with Crippen molar-refractivity contribution in [1.82, 2.24) is 4.90 Å². The van der Waals surface area contributed by atoms with Gasteiger partial charge in [-0.2, -0.15) is 0 Å². The number of amides is 2. The lowest BCUT2D eigenvalue weighted by atomic mass is 10.1. The minimum Gasteiger partial charge on any atom is -0.339 e. The van der Waals surface area contributed by atoms with Gasteiger partial charge in [0.05, 0.1) is 0 Å². The Morgan fingerprint density at radius 2 is 1.65 bits per heavy atom. The van der Waals surface area contributed by atoms with E-state index in [0.717, 1.165) is 25.9 Å². The molecule has 3 rings (SSSR count). The molecule has 0 aromatic heterocycles. The summed E-state index contributed by atoms with van der Waals surface area (Å²) in [7, 11) is -1.07. The number of nitrogens with one attached hydrogen (secondary N) is 1. The van der Waals surface area contributed by atoms with Crippen LogP contribution in [0.5, 0.6) is 0 Å². The van der Waals surface area contributed by atoms with Gasteiger partial charge in [-0.1, -0.05) is 6.07 Å². The van der Waals surface area contributed by atoms with Crippen LogP contribution in [0.25, 0.3) is 0 Å². The number of carbonyl (C=O) groups is 2. The maximum absolute atomic E-state index is 12.6. The van der Waals surface area contributed by atoms with Crippen molar-refractivity contribution >= 4 is 28.3 Å². The first-order valence-corrected chi connectivity index (χ1v) is 10.2.